The van der Waals surface area contributed by atoms with E-state index in [4.69, 9.17) is 23.4 Å². The molecule has 19 heavy (non-hydrogen) atoms. The van der Waals surface area contributed by atoms with Crippen LogP contribution in [-0.4, -0.2) is 7.11 Å². The molecule has 1 heterocycles. The second kappa shape index (κ2) is 6.47. The molecule has 0 aliphatic heterocycles. The molecule has 8 heteroatoms. The maximum absolute atomic E-state index is 8.49. The van der Waals surface area contributed by atoms with Gasteiger partial charge in [-0.25, -0.2) is 18.6 Å². The highest BCUT2D eigenvalue weighted by atomic mass is 35.7. The number of nitrogens with zero attached hydrogens (tertiary/aromatic N) is 1. The van der Waals surface area contributed by atoms with Gasteiger partial charge in [0, 0.05) is 19.1 Å². The largest absolute Gasteiger partial charge is 0.497 e. The van der Waals surface area contributed by atoms with Crippen LogP contribution in [0.5, 0.6) is 5.75 Å². The molecule has 1 aromatic carbocycles. The topological polar surface area (TPSA) is 105 Å². The quantitative estimate of drug-likeness (QED) is 0.584. The van der Waals surface area contributed by atoms with E-state index < -0.39 is 10.2 Å². The van der Waals surface area contributed by atoms with Crippen LogP contribution in [0.1, 0.15) is 11.9 Å². The van der Waals surface area contributed by atoms with Gasteiger partial charge in [0.05, 0.1) is 7.11 Å². The fourth-order valence-corrected chi connectivity index (χ4v) is 2.82. The normalized spacial score (nSPS) is 11.1. The lowest BCUT2D eigenvalue weighted by Crippen LogP contribution is -2.68. The van der Waals surface area contributed by atoms with Crippen LogP contribution in [0.15, 0.2) is 18.2 Å². The van der Waals surface area contributed by atoms with Gasteiger partial charge in [-0.3, -0.25) is 0 Å². The fraction of sp³-hybridized carbons (Fsp3) is 0.364. The Balaban J connectivity index is 0.000000312. The van der Waals surface area contributed by atoms with Crippen molar-refractivity contribution in [3.8, 4) is 5.75 Å². The molecular formula is C11H14ClNO5S. The highest BCUT2D eigenvalue weighted by molar-refractivity contribution is 7.18. The van der Waals surface area contributed by atoms with Gasteiger partial charge in [0.1, 0.15) is 17.0 Å². The van der Waals surface area contributed by atoms with Gasteiger partial charge in [-0.1, -0.05) is 11.3 Å². The van der Waals surface area contributed by atoms with Crippen molar-refractivity contribution < 1.29 is 38.2 Å². The van der Waals surface area contributed by atoms with Gasteiger partial charge < -0.3 is 4.74 Å². The summed E-state index contributed by atoms with van der Waals surface area (Å²) in [5.74, 6) is 0.932. The molecule has 0 saturated heterocycles. The molecule has 0 bridgehead atoms. The number of methoxy groups -OCH3 is 1. The Morgan fingerprint density at radius 3 is 2.32 bits per heavy atom. The SMILES string of the molecule is CC[n+]1c(C)sc2cc(OC)ccc21.[O-][Cl+3]([O-])([O-])[O-]. The molecule has 1 aromatic heterocycles. The van der Waals surface area contributed by atoms with Gasteiger partial charge in [-0.2, -0.15) is 4.57 Å². The van der Waals surface area contributed by atoms with E-state index in [1.54, 1.807) is 7.11 Å². The monoisotopic (exact) mass is 307 g/mol. The molecule has 0 atom stereocenters. The molecule has 0 fully saturated rings. The average Bonchev–Trinajstić information content (AvgIpc) is 2.60. The van der Waals surface area contributed by atoms with Crippen LogP contribution in [0.3, 0.4) is 0 Å². The van der Waals surface area contributed by atoms with Crippen molar-refractivity contribution in [3.63, 3.8) is 0 Å². The lowest BCUT2D eigenvalue weighted by Gasteiger charge is -2.17. The number of ether oxygens (including phenoxy) is 1. The summed E-state index contributed by atoms with van der Waals surface area (Å²) in [6.45, 7) is 5.35. The molecule has 2 aromatic rings. The Hall–Kier alpha value is -0.960. The summed E-state index contributed by atoms with van der Waals surface area (Å²) in [6.07, 6.45) is 0. The molecule has 0 amide bonds. The Morgan fingerprint density at radius 1 is 1.26 bits per heavy atom. The fourth-order valence-electron chi connectivity index (χ4n) is 1.70. The van der Waals surface area contributed by atoms with Gasteiger partial charge in [0.2, 0.25) is 10.5 Å². The molecule has 0 radical (unpaired) electrons. The van der Waals surface area contributed by atoms with Crippen molar-refractivity contribution in [1.29, 1.82) is 0 Å². The first-order chi connectivity index (χ1) is 8.76. The minimum Gasteiger partial charge on any atom is -0.497 e. The smallest absolute Gasteiger partial charge is 0.235 e. The van der Waals surface area contributed by atoms with Crippen molar-refractivity contribution in [2.75, 3.05) is 7.11 Å². The number of hydrogen-bond donors (Lipinski definition) is 0. The number of thiazole rings is 1. The van der Waals surface area contributed by atoms with E-state index in [1.807, 2.05) is 17.4 Å². The average molecular weight is 308 g/mol. The molecule has 6 nitrogen and oxygen atoms in total. The van der Waals surface area contributed by atoms with E-state index in [0.29, 0.717) is 0 Å². The summed E-state index contributed by atoms with van der Waals surface area (Å²) in [5, 5.41) is 1.34. The number of aromatic nitrogens is 1. The Morgan fingerprint density at radius 2 is 1.84 bits per heavy atom. The number of halogens is 1. The van der Waals surface area contributed by atoms with Crippen LogP contribution in [-0.2, 0) is 6.54 Å². The highest BCUT2D eigenvalue weighted by Crippen LogP contribution is 2.24. The summed E-state index contributed by atoms with van der Waals surface area (Å²) in [7, 11) is -3.24. The van der Waals surface area contributed by atoms with Gasteiger partial charge in [-0.05, 0) is 13.0 Å². The van der Waals surface area contributed by atoms with Gasteiger partial charge in [-0.15, -0.1) is 10.2 Å². The van der Waals surface area contributed by atoms with E-state index >= 15 is 0 Å². The van der Waals surface area contributed by atoms with Gasteiger partial charge in [0.15, 0.2) is 0 Å². The van der Waals surface area contributed by atoms with Crippen molar-refractivity contribution in [1.82, 2.24) is 0 Å². The molecule has 106 valence electrons. The second-order valence-electron chi connectivity index (χ2n) is 3.58. The number of fused-ring (bicyclic) bond motifs is 1. The van der Waals surface area contributed by atoms with E-state index in [0.717, 1.165) is 12.3 Å². The Kier molecular flexibility index (Phi) is 5.48. The van der Waals surface area contributed by atoms with E-state index in [1.165, 1.54) is 15.2 Å². The third kappa shape index (κ3) is 4.90. The van der Waals surface area contributed by atoms with Gasteiger partial charge >= 0.3 is 0 Å². The third-order valence-electron chi connectivity index (χ3n) is 2.41. The zero-order valence-electron chi connectivity index (χ0n) is 10.7. The lowest BCUT2D eigenvalue weighted by atomic mass is 10.3. The molecule has 0 N–H and O–H groups in total. The van der Waals surface area contributed by atoms with E-state index in [-0.39, 0.29) is 0 Å². The standard InChI is InChI=1S/C11H14NOS.ClHO4/c1-4-12-8(2)14-11-7-9(13-3)5-6-10(11)12;2-1(3,4)5/h5-7H,4H2,1-3H3;(H,2,3,4,5)/q+1;/p-1. The first kappa shape index (κ1) is 16.1. The minimum absolute atomic E-state index is 0.932. The zero-order valence-corrected chi connectivity index (χ0v) is 12.3. The lowest BCUT2D eigenvalue weighted by molar-refractivity contribution is -2.00. The molecular weight excluding hydrogens is 294 g/mol. The summed E-state index contributed by atoms with van der Waals surface area (Å²) in [5.41, 5.74) is 1.30. The van der Waals surface area contributed by atoms with Crippen molar-refractivity contribution in [2.24, 2.45) is 0 Å². The maximum atomic E-state index is 8.49. The number of benzene rings is 1. The third-order valence-corrected chi connectivity index (χ3v) is 3.47. The number of rotatable bonds is 2. The second-order valence-corrected chi connectivity index (χ2v) is 5.57. The van der Waals surface area contributed by atoms with Gasteiger partial charge in [0.25, 0.3) is 0 Å². The molecule has 0 spiro atoms. The van der Waals surface area contributed by atoms with Crippen LogP contribution in [0.2, 0.25) is 0 Å². The molecule has 0 aliphatic rings. The van der Waals surface area contributed by atoms with Crippen LogP contribution in [0, 0.1) is 17.2 Å². The molecule has 2 rings (SSSR count). The van der Waals surface area contributed by atoms with Crippen LogP contribution < -0.4 is 27.9 Å². The number of aryl methyl sites for hydroxylation is 2. The van der Waals surface area contributed by atoms with E-state index in [9.17, 15) is 0 Å². The Bertz CT molecular complexity index is 546. The van der Waals surface area contributed by atoms with Crippen molar-refractivity contribution >= 4 is 21.6 Å². The first-order valence-corrected chi connectivity index (χ1v) is 7.40. The number of hydrogen-bond acceptors (Lipinski definition) is 6. The van der Waals surface area contributed by atoms with Crippen LogP contribution in [0.25, 0.3) is 10.2 Å². The molecule has 0 unspecified atom stereocenters. The van der Waals surface area contributed by atoms with Crippen molar-refractivity contribution in [2.45, 2.75) is 20.4 Å². The zero-order chi connectivity index (χ0) is 14.6. The predicted molar refractivity (Wildman–Crippen MR) is 59.0 cm³/mol. The maximum Gasteiger partial charge on any atom is 0.235 e. The summed E-state index contributed by atoms with van der Waals surface area (Å²) in [4.78, 5) is 0. The Labute approximate surface area is 116 Å². The minimum atomic E-state index is -4.94. The summed E-state index contributed by atoms with van der Waals surface area (Å²) in [6, 6.07) is 6.24. The highest BCUT2D eigenvalue weighted by Gasteiger charge is 2.15. The molecule has 0 aliphatic carbocycles. The first-order valence-electron chi connectivity index (χ1n) is 5.35. The van der Waals surface area contributed by atoms with Crippen molar-refractivity contribution in [3.05, 3.63) is 23.2 Å². The van der Waals surface area contributed by atoms with E-state index in [2.05, 4.69) is 30.5 Å². The predicted octanol–water partition coefficient (Wildman–Crippen LogP) is -2.23. The van der Waals surface area contributed by atoms with Crippen LogP contribution >= 0.6 is 11.3 Å². The summed E-state index contributed by atoms with van der Waals surface area (Å²) >= 11 is 1.82. The summed E-state index contributed by atoms with van der Waals surface area (Å²) < 4.78 is 42.8. The molecule has 0 saturated carbocycles. The van der Waals surface area contributed by atoms with Crippen LogP contribution in [0.4, 0.5) is 0 Å².